The molecule has 0 bridgehead atoms. The topological polar surface area (TPSA) is 29.1 Å². The maximum Gasteiger partial charge on any atom is 0.257 e. The van der Waals surface area contributed by atoms with Crippen LogP contribution in [0.5, 0.6) is 0 Å². The van der Waals surface area contributed by atoms with E-state index in [4.69, 9.17) is 23.2 Å². The molecule has 104 valence electrons. The van der Waals surface area contributed by atoms with Crippen molar-refractivity contribution in [2.24, 2.45) is 0 Å². The van der Waals surface area contributed by atoms with Crippen LogP contribution in [0.15, 0.2) is 30.3 Å². The van der Waals surface area contributed by atoms with Crippen molar-refractivity contribution in [3.05, 3.63) is 62.6 Å². The lowest BCUT2D eigenvalue weighted by molar-refractivity contribution is 0.102. The molecule has 2 aromatic carbocycles. The van der Waals surface area contributed by atoms with Gasteiger partial charge in [-0.05, 0) is 44.0 Å². The molecule has 0 unspecified atom stereocenters. The SMILES string of the molecule is Cc1cc(C)c(NC(=O)c2cccc(Cl)c2Cl)c(C)c1. The Hall–Kier alpha value is -1.51. The van der Waals surface area contributed by atoms with E-state index in [0.717, 1.165) is 16.8 Å². The zero-order valence-electron chi connectivity index (χ0n) is 11.6. The first-order chi connectivity index (χ1) is 9.40. The summed E-state index contributed by atoms with van der Waals surface area (Å²) < 4.78 is 0. The maximum atomic E-state index is 12.3. The molecule has 0 saturated heterocycles. The lowest BCUT2D eigenvalue weighted by Gasteiger charge is -2.13. The van der Waals surface area contributed by atoms with Gasteiger partial charge in [0.2, 0.25) is 0 Å². The van der Waals surface area contributed by atoms with Crippen molar-refractivity contribution < 1.29 is 4.79 Å². The molecule has 4 heteroatoms. The van der Waals surface area contributed by atoms with Crippen molar-refractivity contribution in [3.8, 4) is 0 Å². The van der Waals surface area contributed by atoms with Gasteiger partial charge in [-0.25, -0.2) is 0 Å². The number of hydrogen-bond donors (Lipinski definition) is 1. The van der Waals surface area contributed by atoms with Crippen molar-refractivity contribution in [1.82, 2.24) is 0 Å². The van der Waals surface area contributed by atoms with Crippen molar-refractivity contribution in [1.29, 1.82) is 0 Å². The molecule has 0 radical (unpaired) electrons. The average Bonchev–Trinajstić information content (AvgIpc) is 2.36. The molecular weight excluding hydrogens is 293 g/mol. The third-order valence-electron chi connectivity index (χ3n) is 3.11. The van der Waals surface area contributed by atoms with E-state index in [0.29, 0.717) is 10.6 Å². The highest BCUT2D eigenvalue weighted by Gasteiger charge is 2.14. The Balaban J connectivity index is 2.36. The highest BCUT2D eigenvalue weighted by molar-refractivity contribution is 6.44. The van der Waals surface area contributed by atoms with Crippen LogP contribution in [0.4, 0.5) is 5.69 Å². The number of aryl methyl sites for hydroxylation is 3. The standard InChI is InChI=1S/C16H15Cl2NO/c1-9-7-10(2)15(11(3)8-9)19-16(20)12-5-4-6-13(17)14(12)18/h4-8H,1-3H3,(H,19,20). The van der Waals surface area contributed by atoms with Crippen LogP contribution in [0.1, 0.15) is 27.0 Å². The van der Waals surface area contributed by atoms with Crippen molar-refractivity contribution in [2.45, 2.75) is 20.8 Å². The number of nitrogens with one attached hydrogen (secondary N) is 1. The van der Waals surface area contributed by atoms with Gasteiger partial charge < -0.3 is 5.32 Å². The summed E-state index contributed by atoms with van der Waals surface area (Å²) in [5.74, 6) is -0.257. The molecule has 0 aliphatic heterocycles. The number of rotatable bonds is 2. The largest absolute Gasteiger partial charge is 0.321 e. The van der Waals surface area contributed by atoms with E-state index in [1.807, 2.05) is 32.9 Å². The molecule has 0 aliphatic rings. The number of hydrogen-bond acceptors (Lipinski definition) is 1. The van der Waals surface area contributed by atoms with Gasteiger partial charge in [-0.2, -0.15) is 0 Å². The molecule has 1 amide bonds. The third kappa shape index (κ3) is 2.97. The van der Waals surface area contributed by atoms with Gasteiger partial charge in [-0.1, -0.05) is 47.0 Å². The predicted molar refractivity (Wildman–Crippen MR) is 85.1 cm³/mol. The van der Waals surface area contributed by atoms with Gasteiger partial charge >= 0.3 is 0 Å². The number of anilines is 1. The molecule has 0 atom stereocenters. The number of amides is 1. The minimum atomic E-state index is -0.257. The first-order valence-corrected chi connectivity index (χ1v) is 6.99. The van der Waals surface area contributed by atoms with Gasteiger partial charge in [0, 0.05) is 5.69 Å². The molecule has 0 spiro atoms. The Kier molecular flexibility index (Phi) is 4.36. The number of halogens is 2. The van der Waals surface area contributed by atoms with Crippen LogP contribution in [0.2, 0.25) is 10.0 Å². The second-order valence-electron chi connectivity index (χ2n) is 4.83. The highest BCUT2D eigenvalue weighted by atomic mass is 35.5. The van der Waals surface area contributed by atoms with E-state index < -0.39 is 0 Å². The van der Waals surface area contributed by atoms with Gasteiger partial charge in [0.15, 0.2) is 0 Å². The average molecular weight is 308 g/mol. The van der Waals surface area contributed by atoms with Gasteiger partial charge in [0.05, 0.1) is 15.6 Å². The van der Waals surface area contributed by atoms with Crippen molar-refractivity contribution in [3.63, 3.8) is 0 Å². The zero-order chi connectivity index (χ0) is 14.9. The Bertz CT molecular complexity index is 657. The van der Waals surface area contributed by atoms with E-state index in [-0.39, 0.29) is 10.9 Å². The van der Waals surface area contributed by atoms with Crippen LogP contribution in [0.3, 0.4) is 0 Å². The second kappa shape index (κ2) is 5.86. The molecule has 0 aromatic heterocycles. The Morgan fingerprint density at radius 1 is 1.05 bits per heavy atom. The molecule has 20 heavy (non-hydrogen) atoms. The molecule has 2 rings (SSSR count). The van der Waals surface area contributed by atoms with Gasteiger partial charge in [0.25, 0.3) is 5.91 Å². The molecule has 0 fully saturated rings. The fourth-order valence-corrected chi connectivity index (χ4v) is 2.62. The van der Waals surface area contributed by atoms with E-state index >= 15 is 0 Å². The van der Waals surface area contributed by atoms with Crippen LogP contribution < -0.4 is 5.32 Å². The normalized spacial score (nSPS) is 10.4. The summed E-state index contributed by atoms with van der Waals surface area (Å²) in [7, 11) is 0. The Labute approximate surface area is 128 Å². The van der Waals surface area contributed by atoms with Gasteiger partial charge in [-0.15, -0.1) is 0 Å². The summed E-state index contributed by atoms with van der Waals surface area (Å²) >= 11 is 12.0. The van der Waals surface area contributed by atoms with Gasteiger partial charge in [-0.3, -0.25) is 4.79 Å². The summed E-state index contributed by atoms with van der Waals surface area (Å²) in [5, 5.41) is 3.55. The molecule has 2 nitrogen and oxygen atoms in total. The fraction of sp³-hybridized carbons (Fsp3) is 0.188. The molecule has 2 aromatic rings. The van der Waals surface area contributed by atoms with Crippen LogP contribution in [-0.2, 0) is 0 Å². The highest BCUT2D eigenvalue weighted by Crippen LogP contribution is 2.28. The molecule has 1 N–H and O–H groups in total. The van der Waals surface area contributed by atoms with Crippen molar-refractivity contribution in [2.75, 3.05) is 5.32 Å². The third-order valence-corrected chi connectivity index (χ3v) is 3.93. The summed E-state index contributed by atoms with van der Waals surface area (Å²) in [6, 6.07) is 9.08. The van der Waals surface area contributed by atoms with Crippen LogP contribution >= 0.6 is 23.2 Å². The quantitative estimate of drug-likeness (QED) is 0.814. The maximum absolute atomic E-state index is 12.3. The lowest BCUT2D eigenvalue weighted by Crippen LogP contribution is -2.14. The number of carbonyl (C=O) groups excluding carboxylic acids is 1. The van der Waals surface area contributed by atoms with Crippen LogP contribution in [0, 0.1) is 20.8 Å². The number of benzene rings is 2. The predicted octanol–water partition coefficient (Wildman–Crippen LogP) is 5.17. The van der Waals surface area contributed by atoms with E-state index in [2.05, 4.69) is 5.32 Å². The molecule has 0 saturated carbocycles. The second-order valence-corrected chi connectivity index (χ2v) is 5.61. The summed E-state index contributed by atoms with van der Waals surface area (Å²) in [6.45, 7) is 5.96. The fourth-order valence-electron chi connectivity index (χ4n) is 2.24. The van der Waals surface area contributed by atoms with Crippen LogP contribution in [0.25, 0.3) is 0 Å². The Morgan fingerprint density at radius 3 is 2.25 bits per heavy atom. The Morgan fingerprint density at radius 2 is 1.65 bits per heavy atom. The van der Waals surface area contributed by atoms with Gasteiger partial charge in [0.1, 0.15) is 0 Å². The number of carbonyl (C=O) groups is 1. The van der Waals surface area contributed by atoms with Crippen LogP contribution in [-0.4, -0.2) is 5.91 Å². The molecule has 0 aliphatic carbocycles. The summed E-state index contributed by atoms with van der Waals surface area (Å²) in [4.78, 5) is 12.3. The monoisotopic (exact) mass is 307 g/mol. The molecule has 0 heterocycles. The lowest BCUT2D eigenvalue weighted by atomic mass is 10.0. The summed E-state index contributed by atoms with van der Waals surface area (Å²) in [5.41, 5.74) is 4.40. The minimum absolute atomic E-state index is 0.257. The van der Waals surface area contributed by atoms with E-state index in [1.54, 1.807) is 18.2 Å². The minimum Gasteiger partial charge on any atom is -0.321 e. The smallest absolute Gasteiger partial charge is 0.257 e. The van der Waals surface area contributed by atoms with E-state index in [9.17, 15) is 4.79 Å². The van der Waals surface area contributed by atoms with Crippen molar-refractivity contribution >= 4 is 34.8 Å². The zero-order valence-corrected chi connectivity index (χ0v) is 13.1. The molecular formula is C16H15Cl2NO. The van der Waals surface area contributed by atoms with E-state index in [1.165, 1.54) is 5.56 Å². The first kappa shape index (κ1) is 14.9. The summed E-state index contributed by atoms with van der Waals surface area (Å²) in [6.07, 6.45) is 0. The first-order valence-electron chi connectivity index (χ1n) is 6.23.